The van der Waals surface area contributed by atoms with E-state index in [1.807, 2.05) is 19.9 Å². The minimum Gasteiger partial charge on any atom is -0.359 e. The minimum absolute atomic E-state index is 0.290. The first kappa shape index (κ1) is 11.2. The summed E-state index contributed by atoms with van der Waals surface area (Å²) < 4.78 is 10.5. The van der Waals surface area contributed by atoms with Gasteiger partial charge < -0.3 is 9.47 Å². The molecule has 0 unspecified atom stereocenters. The van der Waals surface area contributed by atoms with Crippen LogP contribution in [0.1, 0.15) is 25.0 Å². The predicted molar refractivity (Wildman–Crippen MR) is 57.2 cm³/mol. The van der Waals surface area contributed by atoms with E-state index in [-0.39, 0.29) is 5.60 Å². The Morgan fingerprint density at radius 2 is 2.00 bits per heavy atom. The maximum absolute atomic E-state index is 5.60. The molecule has 1 aromatic rings. The molecule has 0 heterocycles. The zero-order valence-corrected chi connectivity index (χ0v) is 9.33. The highest BCUT2D eigenvalue weighted by molar-refractivity contribution is 5.26. The van der Waals surface area contributed by atoms with Gasteiger partial charge >= 0.3 is 0 Å². The average molecular weight is 194 g/mol. The number of hydrogen-bond acceptors (Lipinski definition) is 2. The molecule has 0 bridgehead atoms. The van der Waals surface area contributed by atoms with Crippen molar-refractivity contribution in [1.29, 1.82) is 0 Å². The highest BCUT2D eigenvalue weighted by Crippen LogP contribution is 2.24. The molecule has 0 aliphatic rings. The summed E-state index contributed by atoms with van der Waals surface area (Å²) >= 11 is 0. The Kier molecular flexibility index (Phi) is 3.67. The molecule has 2 heteroatoms. The fourth-order valence-corrected chi connectivity index (χ4v) is 1.31. The molecule has 0 atom stereocenters. The van der Waals surface area contributed by atoms with Crippen LogP contribution >= 0.6 is 0 Å². The van der Waals surface area contributed by atoms with Crippen LogP contribution in [0.4, 0.5) is 0 Å². The third-order valence-corrected chi connectivity index (χ3v) is 2.25. The molecule has 0 N–H and O–H groups in total. The summed E-state index contributed by atoms with van der Waals surface area (Å²) in [6, 6.07) is 8.33. The van der Waals surface area contributed by atoms with E-state index in [0.717, 1.165) is 0 Å². The summed E-state index contributed by atoms with van der Waals surface area (Å²) in [4.78, 5) is 0. The first-order valence-corrected chi connectivity index (χ1v) is 4.76. The summed E-state index contributed by atoms with van der Waals surface area (Å²) in [5.74, 6) is 0. The summed E-state index contributed by atoms with van der Waals surface area (Å²) in [6.45, 7) is 6.48. The van der Waals surface area contributed by atoms with E-state index in [4.69, 9.17) is 9.47 Å². The van der Waals surface area contributed by atoms with Gasteiger partial charge in [-0.15, -0.1) is 0 Å². The van der Waals surface area contributed by atoms with Crippen LogP contribution in [0.2, 0.25) is 0 Å². The first-order valence-electron chi connectivity index (χ1n) is 4.76. The highest BCUT2D eigenvalue weighted by atomic mass is 16.7. The van der Waals surface area contributed by atoms with E-state index in [2.05, 4.69) is 25.1 Å². The van der Waals surface area contributed by atoms with Crippen LogP contribution in [0.5, 0.6) is 0 Å². The van der Waals surface area contributed by atoms with E-state index in [1.54, 1.807) is 7.11 Å². The van der Waals surface area contributed by atoms with Gasteiger partial charge in [0.1, 0.15) is 6.79 Å². The lowest BCUT2D eigenvalue weighted by Gasteiger charge is -2.25. The zero-order valence-electron chi connectivity index (χ0n) is 9.33. The Labute approximate surface area is 85.8 Å². The fraction of sp³-hybridized carbons (Fsp3) is 0.500. The van der Waals surface area contributed by atoms with Crippen molar-refractivity contribution in [2.75, 3.05) is 13.9 Å². The largest absolute Gasteiger partial charge is 0.359 e. The molecule has 0 amide bonds. The Balaban J connectivity index is 2.80. The van der Waals surface area contributed by atoms with Crippen molar-refractivity contribution in [1.82, 2.24) is 0 Å². The van der Waals surface area contributed by atoms with Crippen LogP contribution in [-0.4, -0.2) is 13.9 Å². The van der Waals surface area contributed by atoms with Crippen LogP contribution in [0.15, 0.2) is 24.3 Å². The zero-order chi connectivity index (χ0) is 10.6. The molecule has 0 fully saturated rings. The van der Waals surface area contributed by atoms with Gasteiger partial charge in [-0.2, -0.15) is 0 Å². The van der Waals surface area contributed by atoms with E-state index >= 15 is 0 Å². The van der Waals surface area contributed by atoms with Crippen LogP contribution in [-0.2, 0) is 15.1 Å². The summed E-state index contributed by atoms with van der Waals surface area (Å²) in [5, 5.41) is 0. The standard InChI is InChI=1S/C12H18O2/c1-10-6-5-7-11(8-10)12(2,3)14-9-13-4/h5-8H,9H2,1-4H3. The highest BCUT2D eigenvalue weighted by Gasteiger charge is 2.20. The molecule has 0 aromatic heterocycles. The Morgan fingerprint density at radius 1 is 1.29 bits per heavy atom. The van der Waals surface area contributed by atoms with E-state index < -0.39 is 0 Å². The van der Waals surface area contributed by atoms with Gasteiger partial charge in [0.25, 0.3) is 0 Å². The molecule has 0 radical (unpaired) electrons. The third kappa shape index (κ3) is 2.82. The van der Waals surface area contributed by atoms with Gasteiger partial charge in [0, 0.05) is 7.11 Å². The normalized spacial score (nSPS) is 11.7. The molecule has 0 aliphatic heterocycles. The number of hydrogen-bond donors (Lipinski definition) is 0. The van der Waals surface area contributed by atoms with Gasteiger partial charge in [-0.05, 0) is 26.3 Å². The summed E-state index contributed by atoms with van der Waals surface area (Å²) in [5.41, 5.74) is 2.13. The van der Waals surface area contributed by atoms with Gasteiger partial charge in [-0.25, -0.2) is 0 Å². The van der Waals surface area contributed by atoms with Crippen LogP contribution in [0, 0.1) is 6.92 Å². The quantitative estimate of drug-likeness (QED) is 0.686. The maximum Gasteiger partial charge on any atom is 0.147 e. The number of aryl methyl sites for hydroxylation is 1. The minimum atomic E-state index is -0.290. The van der Waals surface area contributed by atoms with Crippen LogP contribution in [0.25, 0.3) is 0 Å². The molecule has 2 nitrogen and oxygen atoms in total. The average Bonchev–Trinajstić information content (AvgIpc) is 2.15. The second-order valence-electron chi connectivity index (χ2n) is 3.93. The summed E-state index contributed by atoms with van der Waals surface area (Å²) in [7, 11) is 1.63. The van der Waals surface area contributed by atoms with E-state index in [1.165, 1.54) is 11.1 Å². The van der Waals surface area contributed by atoms with Crippen LogP contribution in [0.3, 0.4) is 0 Å². The molecule has 0 spiro atoms. The van der Waals surface area contributed by atoms with Crippen molar-refractivity contribution in [3.8, 4) is 0 Å². The lowest BCUT2D eigenvalue weighted by Crippen LogP contribution is -2.22. The maximum atomic E-state index is 5.60. The molecule has 1 rings (SSSR count). The fourth-order valence-electron chi connectivity index (χ4n) is 1.31. The van der Waals surface area contributed by atoms with Crippen molar-refractivity contribution < 1.29 is 9.47 Å². The van der Waals surface area contributed by atoms with Crippen molar-refractivity contribution in [2.45, 2.75) is 26.4 Å². The van der Waals surface area contributed by atoms with Crippen LogP contribution < -0.4 is 0 Å². The van der Waals surface area contributed by atoms with Crippen molar-refractivity contribution in [3.05, 3.63) is 35.4 Å². The second kappa shape index (κ2) is 4.58. The molecule has 0 saturated heterocycles. The topological polar surface area (TPSA) is 18.5 Å². The Bertz CT molecular complexity index is 292. The molecule has 78 valence electrons. The molecule has 0 aliphatic carbocycles. The summed E-state index contributed by atoms with van der Waals surface area (Å²) in [6.07, 6.45) is 0. The van der Waals surface area contributed by atoms with E-state index in [9.17, 15) is 0 Å². The second-order valence-corrected chi connectivity index (χ2v) is 3.93. The number of methoxy groups -OCH3 is 1. The third-order valence-electron chi connectivity index (χ3n) is 2.25. The number of benzene rings is 1. The molecular weight excluding hydrogens is 176 g/mol. The predicted octanol–water partition coefficient (Wildman–Crippen LogP) is 2.85. The molecule has 1 aromatic carbocycles. The lowest BCUT2D eigenvalue weighted by atomic mass is 9.97. The lowest BCUT2D eigenvalue weighted by molar-refractivity contribution is -0.118. The van der Waals surface area contributed by atoms with Gasteiger partial charge in [-0.3, -0.25) is 0 Å². The van der Waals surface area contributed by atoms with Gasteiger partial charge in [0.2, 0.25) is 0 Å². The Morgan fingerprint density at radius 3 is 2.57 bits per heavy atom. The smallest absolute Gasteiger partial charge is 0.147 e. The van der Waals surface area contributed by atoms with Crippen molar-refractivity contribution in [2.24, 2.45) is 0 Å². The first-order chi connectivity index (χ1) is 6.56. The molecule has 14 heavy (non-hydrogen) atoms. The van der Waals surface area contributed by atoms with E-state index in [0.29, 0.717) is 6.79 Å². The molecular formula is C12H18O2. The monoisotopic (exact) mass is 194 g/mol. The van der Waals surface area contributed by atoms with Gasteiger partial charge in [-0.1, -0.05) is 29.8 Å². The Hall–Kier alpha value is -0.860. The van der Waals surface area contributed by atoms with Crippen molar-refractivity contribution >= 4 is 0 Å². The SMILES string of the molecule is COCOC(C)(C)c1cccc(C)c1. The van der Waals surface area contributed by atoms with Gasteiger partial charge in [0.15, 0.2) is 0 Å². The number of ether oxygens (including phenoxy) is 2. The molecule has 0 saturated carbocycles. The number of rotatable bonds is 4. The van der Waals surface area contributed by atoms with Crippen molar-refractivity contribution in [3.63, 3.8) is 0 Å². The van der Waals surface area contributed by atoms with Gasteiger partial charge in [0.05, 0.1) is 5.60 Å².